The molecule has 0 aromatic carbocycles. The molecule has 0 aliphatic carbocycles. The van der Waals surface area contributed by atoms with Gasteiger partial charge in [-0.2, -0.15) is 0 Å². The van der Waals surface area contributed by atoms with Gasteiger partial charge in [-0.1, -0.05) is 24.2 Å². The molecule has 0 N–H and O–H groups in total. The lowest BCUT2D eigenvalue weighted by molar-refractivity contribution is -0.00784. The van der Waals surface area contributed by atoms with E-state index in [0.717, 1.165) is 0 Å². The minimum absolute atomic E-state index is 0.215. The van der Waals surface area contributed by atoms with Gasteiger partial charge >= 0.3 is 0 Å². The second kappa shape index (κ2) is 6.16. The van der Waals surface area contributed by atoms with Gasteiger partial charge in [0.1, 0.15) is 26.2 Å². The molecule has 3 nitrogen and oxygen atoms in total. The molecule has 1 aliphatic heterocycles. The molecule has 0 amide bonds. The number of hydrogen-bond acceptors (Lipinski definition) is 5. The molecule has 0 bridgehead atoms. The third kappa shape index (κ3) is 3.69. The Kier molecular flexibility index (Phi) is 5.75. The van der Waals surface area contributed by atoms with Crippen LogP contribution in [-0.4, -0.2) is 52.1 Å². The zero-order valence-corrected chi connectivity index (χ0v) is 11.7. The van der Waals surface area contributed by atoms with Crippen LogP contribution in [0.15, 0.2) is 0 Å². The monoisotopic (exact) mass is 283 g/mol. The first-order valence-electron chi connectivity index (χ1n) is 4.93. The van der Waals surface area contributed by atoms with Crippen LogP contribution in [0, 0.1) is 0 Å². The van der Waals surface area contributed by atoms with E-state index in [-0.39, 0.29) is 6.61 Å². The molecule has 5 atom stereocenters. The summed E-state index contributed by atoms with van der Waals surface area (Å²) >= 11 is 10.2. The van der Waals surface area contributed by atoms with Crippen molar-refractivity contribution in [2.45, 2.75) is 31.3 Å². The number of halogens is 1. The smallest absolute Gasteiger partial charge is 0.146 e. The predicted octanol–water partition coefficient (Wildman–Crippen LogP) is 1.13. The van der Waals surface area contributed by atoms with Crippen molar-refractivity contribution >= 4 is 37.4 Å². The zero-order valence-electron chi connectivity index (χ0n) is 9.17. The SMILES string of the molecule is [B][C@@H]1O[C@H](COC)C(OP(=S)([S-])CC)[C@@H]1F. The standard InChI is InChI=1S/C8H15BFO3PS2/c1-3-14(15,16)13-7-5(4-11-2)12-8(9)6(7)10/h5-8H,3-4H2,1-2H3,(H,15,16)/p-1/t5-,6+,7?,8-/m1/s1. The summed E-state index contributed by atoms with van der Waals surface area (Å²) in [6, 6.07) is -0.994. The number of rotatable bonds is 5. The molecular formula is C8H14BFO3PS2-. The van der Waals surface area contributed by atoms with E-state index in [1.54, 1.807) is 0 Å². The molecule has 16 heavy (non-hydrogen) atoms. The second-order valence-electron chi connectivity index (χ2n) is 3.54. The van der Waals surface area contributed by atoms with Crippen LogP contribution in [0.4, 0.5) is 4.39 Å². The van der Waals surface area contributed by atoms with Crippen molar-refractivity contribution < 1.29 is 18.4 Å². The highest BCUT2D eigenvalue weighted by atomic mass is 32.9. The third-order valence-corrected chi connectivity index (χ3v) is 5.73. The van der Waals surface area contributed by atoms with E-state index >= 15 is 0 Å². The molecule has 2 unspecified atom stereocenters. The first kappa shape index (κ1) is 14.9. The fraction of sp³-hybridized carbons (Fsp3) is 1.00. The van der Waals surface area contributed by atoms with Crippen LogP contribution >= 0.6 is 5.47 Å². The van der Waals surface area contributed by atoms with E-state index in [9.17, 15) is 4.39 Å². The molecule has 1 saturated heterocycles. The van der Waals surface area contributed by atoms with Crippen LogP contribution in [0.3, 0.4) is 0 Å². The van der Waals surface area contributed by atoms with Crippen LogP contribution < -0.4 is 0 Å². The van der Waals surface area contributed by atoms with E-state index in [4.69, 9.17) is 45.9 Å². The predicted molar refractivity (Wildman–Crippen MR) is 68.3 cm³/mol. The van der Waals surface area contributed by atoms with Crippen LogP contribution in [0.2, 0.25) is 0 Å². The van der Waals surface area contributed by atoms with Crippen LogP contribution in [0.1, 0.15) is 6.92 Å². The number of alkyl halides is 1. The Morgan fingerprint density at radius 3 is 2.75 bits per heavy atom. The molecule has 1 aliphatic rings. The normalized spacial score (nSPS) is 38.5. The Morgan fingerprint density at radius 1 is 1.62 bits per heavy atom. The van der Waals surface area contributed by atoms with Crippen LogP contribution in [0.25, 0.3) is 0 Å². The van der Waals surface area contributed by atoms with Gasteiger partial charge < -0.3 is 26.2 Å². The maximum Gasteiger partial charge on any atom is 0.146 e. The fourth-order valence-corrected chi connectivity index (χ4v) is 2.80. The third-order valence-electron chi connectivity index (χ3n) is 2.33. The summed E-state index contributed by atoms with van der Waals surface area (Å²) in [5.74, 6) is 0. The van der Waals surface area contributed by atoms with Gasteiger partial charge in [-0.3, -0.25) is 0 Å². The first-order valence-corrected chi connectivity index (χ1v) is 8.85. The molecule has 1 rings (SSSR count). The summed E-state index contributed by atoms with van der Waals surface area (Å²) in [6.45, 7) is 2.05. The molecule has 0 spiro atoms. The van der Waals surface area contributed by atoms with Crippen molar-refractivity contribution in [1.82, 2.24) is 0 Å². The highest BCUT2D eigenvalue weighted by Crippen LogP contribution is 2.48. The quantitative estimate of drug-likeness (QED) is 0.428. The lowest BCUT2D eigenvalue weighted by Crippen LogP contribution is -2.33. The van der Waals surface area contributed by atoms with E-state index in [1.807, 2.05) is 6.92 Å². The Hall–Kier alpha value is 0.875. The van der Waals surface area contributed by atoms with Gasteiger partial charge in [0.15, 0.2) is 0 Å². The van der Waals surface area contributed by atoms with Crippen LogP contribution in [-0.2, 0) is 38.1 Å². The lowest BCUT2D eigenvalue weighted by atomic mass is 9.94. The van der Waals surface area contributed by atoms with Gasteiger partial charge in [0.05, 0.1) is 12.6 Å². The highest BCUT2D eigenvalue weighted by molar-refractivity contribution is 8.53. The average Bonchev–Trinajstić information content (AvgIpc) is 2.47. The largest absolute Gasteiger partial charge is 0.719 e. The minimum Gasteiger partial charge on any atom is -0.719 e. The van der Waals surface area contributed by atoms with Gasteiger partial charge in [-0.05, 0) is 6.16 Å². The van der Waals surface area contributed by atoms with Gasteiger partial charge in [0.25, 0.3) is 0 Å². The van der Waals surface area contributed by atoms with Crippen molar-refractivity contribution in [2.75, 3.05) is 19.9 Å². The van der Waals surface area contributed by atoms with Crippen LogP contribution in [0.5, 0.6) is 0 Å². The van der Waals surface area contributed by atoms with E-state index in [0.29, 0.717) is 6.16 Å². The van der Waals surface area contributed by atoms with Crippen molar-refractivity contribution in [2.24, 2.45) is 0 Å². The Bertz CT molecular complexity index is 284. The summed E-state index contributed by atoms with van der Waals surface area (Å²) in [4.78, 5) is 0. The maximum absolute atomic E-state index is 13.7. The van der Waals surface area contributed by atoms with Crippen molar-refractivity contribution in [1.29, 1.82) is 0 Å². The topological polar surface area (TPSA) is 27.7 Å². The molecular weight excluding hydrogens is 269 g/mol. The number of hydrogen-bond donors (Lipinski definition) is 0. The lowest BCUT2D eigenvalue weighted by Gasteiger charge is -2.33. The zero-order chi connectivity index (χ0) is 12.3. The molecule has 2 radical (unpaired) electrons. The minimum atomic E-state index is -2.36. The fourth-order valence-electron chi connectivity index (χ4n) is 1.43. The maximum atomic E-state index is 13.7. The number of methoxy groups -OCH3 is 1. The summed E-state index contributed by atoms with van der Waals surface area (Å²) in [5, 5.41) is 0. The number of ether oxygens (including phenoxy) is 2. The molecule has 0 saturated carbocycles. The average molecular weight is 283 g/mol. The summed E-state index contributed by atoms with van der Waals surface area (Å²) < 4.78 is 29.3. The second-order valence-corrected chi connectivity index (χ2v) is 9.83. The molecule has 0 aromatic heterocycles. The van der Waals surface area contributed by atoms with E-state index < -0.39 is 29.8 Å². The molecule has 1 fully saturated rings. The van der Waals surface area contributed by atoms with Gasteiger partial charge in [0, 0.05) is 7.11 Å². The molecule has 8 heteroatoms. The van der Waals surface area contributed by atoms with Gasteiger partial charge in [-0.15, -0.1) is 0 Å². The summed E-state index contributed by atoms with van der Waals surface area (Å²) in [7, 11) is 6.96. The van der Waals surface area contributed by atoms with Crippen molar-refractivity contribution in [3.8, 4) is 0 Å². The van der Waals surface area contributed by atoms with Gasteiger partial charge in [0.2, 0.25) is 0 Å². The molecule has 1 heterocycles. The molecule has 92 valence electrons. The Labute approximate surface area is 107 Å². The van der Waals surface area contributed by atoms with Gasteiger partial charge in [-0.25, -0.2) is 4.39 Å². The Morgan fingerprint density at radius 2 is 2.25 bits per heavy atom. The van der Waals surface area contributed by atoms with Crippen molar-refractivity contribution in [3.05, 3.63) is 0 Å². The molecule has 0 aromatic rings. The Balaban J connectivity index is 2.70. The highest BCUT2D eigenvalue weighted by Gasteiger charge is 2.43. The van der Waals surface area contributed by atoms with Crippen molar-refractivity contribution in [3.63, 3.8) is 0 Å². The van der Waals surface area contributed by atoms with E-state index in [1.165, 1.54) is 7.11 Å². The summed E-state index contributed by atoms with van der Waals surface area (Å²) in [6.07, 6.45) is -2.21. The van der Waals surface area contributed by atoms with E-state index in [2.05, 4.69) is 0 Å². The first-order chi connectivity index (χ1) is 7.41. The summed E-state index contributed by atoms with van der Waals surface area (Å²) in [5.41, 5.74) is -2.36.